The number of nitrogens with zero attached hydrogens (tertiary/aromatic N) is 1. The molecule has 1 aromatic heterocycles. The van der Waals surface area contributed by atoms with E-state index in [9.17, 15) is 9.59 Å². The molecule has 0 radical (unpaired) electrons. The quantitative estimate of drug-likeness (QED) is 0.874. The number of hydrogen-bond donors (Lipinski definition) is 2. The molecule has 0 atom stereocenters. The number of carbonyl (C=O) groups is 2. The summed E-state index contributed by atoms with van der Waals surface area (Å²) >= 11 is 0. The Morgan fingerprint density at radius 2 is 2.05 bits per heavy atom. The third-order valence-electron chi connectivity index (χ3n) is 2.63. The molecule has 2 rings (SSSR count). The molecule has 0 spiro atoms. The standard InChI is InChI=1S/C14H14N2O5/c1-9-12(13(17)18)21-11(16-9)7-15-14(19)20-8-10-5-3-2-4-6-10/h2-6H,7-8H2,1H3,(H,15,19)(H,17,18). The number of aromatic carboxylic acids is 1. The second-order valence-corrected chi connectivity index (χ2v) is 4.24. The number of rotatable bonds is 5. The third kappa shape index (κ3) is 4.07. The molecule has 0 aliphatic carbocycles. The first kappa shape index (κ1) is 14.6. The third-order valence-corrected chi connectivity index (χ3v) is 2.63. The van der Waals surface area contributed by atoms with Gasteiger partial charge in [-0.2, -0.15) is 0 Å². The van der Waals surface area contributed by atoms with Crippen molar-refractivity contribution in [2.75, 3.05) is 0 Å². The Balaban J connectivity index is 1.81. The van der Waals surface area contributed by atoms with E-state index in [-0.39, 0.29) is 30.5 Å². The summed E-state index contributed by atoms with van der Waals surface area (Å²) in [4.78, 5) is 26.2. The first-order valence-electron chi connectivity index (χ1n) is 6.20. The van der Waals surface area contributed by atoms with Crippen molar-refractivity contribution in [1.82, 2.24) is 10.3 Å². The van der Waals surface area contributed by atoms with Crippen LogP contribution >= 0.6 is 0 Å². The molecule has 0 saturated heterocycles. The maximum absolute atomic E-state index is 11.5. The van der Waals surface area contributed by atoms with Crippen LogP contribution in [0.3, 0.4) is 0 Å². The van der Waals surface area contributed by atoms with Crippen LogP contribution in [0.4, 0.5) is 4.79 Å². The van der Waals surface area contributed by atoms with Crippen LogP contribution in [0.1, 0.15) is 27.7 Å². The van der Waals surface area contributed by atoms with E-state index in [1.807, 2.05) is 30.3 Å². The van der Waals surface area contributed by atoms with Crippen LogP contribution in [0.25, 0.3) is 0 Å². The summed E-state index contributed by atoms with van der Waals surface area (Å²) < 4.78 is 10.0. The van der Waals surface area contributed by atoms with E-state index in [4.69, 9.17) is 14.3 Å². The van der Waals surface area contributed by atoms with Gasteiger partial charge in [-0.3, -0.25) is 0 Å². The van der Waals surface area contributed by atoms with Gasteiger partial charge in [0.1, 0.15) is 6.61 Å². The number of nitrogens with one attached hydrogen (secondary N) is 1. The van der Waals surface area contributed by atoms with Gasteiger partial charge in [-0.1, -0.05) is 30.3 Å². The number of oxazole rings is 1. The molecule has 110 valence electrons. The maximum atomic E-state index is 11.5. The zero-order valence-corrected chi connectivity index (χ0v) is 11.3. The van der Waals surface area contributed by atoms with Crippen molar-refractivity contribution in [2.45, 2.75) is 20.1 Å². The Bertz CT molecular complexity index is 636. The van der Waals surface area contributed by atoms with E-state index in [0.717, 1.165) is 5.56 Å². The molecule has 0 bridgehead atoms. The van der Waals surface area contributed by atoms with Crippen molar-refractivity contribution in [1.29, 1.82) is 0 Å². The second-order valence-electron chi connectivity index (χ2n) is 4.24. The normalized spacial score (nSPS) is 10.1. The summed E-state index contributed by atoms with van der Waals surface area (Å²) in [6.07, 6.45) is -0.633. The van der Waals surface area contributed by atoms with Gasteiger partial charge in [0, 0.05) is 0 Å². The van der Waals surface area contributed by atoms with Gasteiger partial charge in [0.05, 0.1) is 12.2 Å². The van der Waals surface area contributed by atoms with E-state index < -0.39 is 12.1 Å². The number of aromatic nitrogens is 1. The number of carbonyl (C=O) groups excluding carboxylic acids is 1. The molecule has 7 nitrogen and oxygen atoms in total. The highest BCUT2D eigenvalue weighted by Crippen LogP contribution is 2.10. The predicted octanol–water partition coefficient (Wildman–Crippen LogP) is 2.11. The fraction of sp³-hybridized carbons (Fsp3) is 0.214. The van der Waals surface area contributed by atoms with Gasteiger partial charge in [0.15, 0.2) is 0 Å². The van der Waals surface area contributed by atoms with Crippen molar-refractivity contribution in [3.05, 3.63) is 53.2 Å². The van der Waals surface area contributed by atoms with Crippen LogP contribution in [0.15, 0.2) is 34.7 Å². The Kier molecular flexibility index (Phi) is 4.55. The van der Waals surface area contributed by atoms with Crippen LogP contribution in [0.5, 0.6) is 0 Å². The van der Waals surface area contributed by atoms with E-state index in [0.29, 0.717) is 0 Å². The number of amides is 1. The molecule has 2 aromatic rings. The number of carboxylic acid groups (broad SMARTS) is 1. The van der Waals surface area contributed by atoms with Crippen LogP contribution in [0.2, 0.25) is 0 Å². The minimum Gasteiger partial charge on any atom is -0.475 e. The van der Waals surface area contributed by atoms with Gasteiger partial charge in [0.2, 0.25) is 11.7 Å². The van der Waals surface area contributed by atoms with Crippen molar-refractivity contribution < 1.29 is 23.8 Å². The first-order chi connectivity index (χ1) is 10.1. The SMILES string of the molecule is Cc1nc(CNC(=O)OCc2ccccc2)oc1C(=O)O. The fourth-order valence-electron chi connectivity index (χ4n) is 1.65. The Morgan fingerprint density at radius 1 is 1.33 bits per heavy atom. The maximum Gasteiger partial charge on any atom is 0.407 e. The van der Waals surface area contributed by atoms with Crippen LogP contribution in [-0.4, -0.2) is 22.2 Å². The summed E-state index contributed by atoms with van der Waals surface area (Å²) in [6, 6.07) is 9.24. The predicted molar refractivity (Wildman–Crippen MR) is 71.7 cm³/mol. The average Bonchev–Trinajstić information content (AvgIpc) is 2.85. The summed E-state index contributed by atoms with van der Waals surface area (Å²) in [6.45, 7) is 1.63. The van der Waals surface area contributed by atoms with E-state index in [1.54, 1.807) is 0 Å². The minimum absolute atomic E-state index is 0.0399. The Labute approximate surface area is 120 Å². The first-order valence-corrected chi connectivity index (χ1v) is 6.20. The zero-order valence-electron chi connectivity index (χ0n) is 11.3. The van der Waals surface area contributed by atoms with Crippen LogP contribution < -0.4 is 5.32 Å². The highest BCUT2D eigenvalue weighted by molar-refractivity contribution is 5.85. The van der Waals surface area contributed by atoms with Gasteiger partial charge in [-0.15, -0.1) is 0 Å². The molecule has 0 aliphatic heterocycles. The van der Waals surface area contributed by atoms with Gasteiger partial charge >= 0.3 is 12.1 Å². The van der Waals surface area contributed by atoms with Gasteiger partial charge in [0.25, 0.3) is 0 Å². The van der Waals surface area contributed by atoms with Crippen LogP contribution in [0, 0.1) is 6.92 Å². The van der Waals surface area contributed by atoms with Crippen molar-refractivity contribution in [3.63, 3.8) is 0 Å². The fourth-order valence-corrected chi connectivity index (χ4v) is 1.65. The molecule has 1 aromatic carbocycles. The largest absolute Gasteiger partial charge is 0.475 e. The van der Waals surface area contributed by atoms with E-state index in [2.05, 4.69) is 10.3 Å². The van der Waals surface area contributed by atoms with Crippen molar-refractivity contribution in [3.8, 4) is 0 Å². The topological polar surface area (TPSA) is 102 Å². The lowest BCUT2D eigenvalue weighted by atomic mass is 10.2. The lowest BCUT2D eigenvalue weighted by Crippen LogP contribution is -2.23. The molecule has 0 saturated carbocycles. The number of aryl methyl sites for hydroxylation is 1. The number of hydrogen-bond acceptors (Lipinski definition) is 5. The second kappa shape index (κ2) is 6.56. The van der Waals surface area contributed by atoms with Gasteiger partial charge < -0.3 is 19.6 Å². The summed E-state index contributed by atoms with van der Waals surface area (Å²) in [5.74, 6) is -1.32. The molecule has 1 heterocycles. The highest BCUT2D eigenvalue weighted by Gasteiger charge is 2.16. The van der Waals surface area contributed by atoms with Crippen molar-refractivity contribution >= 4 is 12.1 Å². The lowest BCUT2D eigenvalue weighted by molar-refractivity contribution is 0.0659. The van der Waals surface area contributed by atoms with Gasteiger partial charge in [-0.05, 0) is 12.5 Å². The zero-order chi connectivity index (χ0) is 15.2. The summed E-state index contributed by atoms with van der Waals surface area (Å²) in [7, 11) is 0. The molecule has 2 N–H and O–H groups in total. The molecular weight excluding hydrogens is 276 g/mol. The van der Waals surface area contributed by atoms with Crippen LogP contribution in [-0.2, 0) is 17.9 Å². The van der Waals surface area contributed by atoms with Gasteiger partial charge in [-0.25, -0.2) is 14.6 Å². The Morgan fingerprint density at radius 3 is 2.67 bits per heavy atom. The summed E-state index contributed by atoms with van der Waals surface area (Å²) in [5.41, 5.74) is 1.13. The molecule has 0 unspecified atom stereocenters. The Hall–Kier alpha value is -2.83. The van der Waals surface area contributed by atoms with E-state index >= 15 is 0 Å². The molecule has 0 aliphatic rings. The molecule has 0 fully saturated rings. The lowest BCUT2D eigenvalue weighted by Gasteiger charge is -2.05. The van der Waals surface area contributed by atoms with Crippen molar-refractivity contribution in [2.24, 2.45) is 0 Å². The molecular formula is C14H14N2O5. The number of alkyl carbamates (subject to hydrolysis) is 1. The number of ether oxygens (including phenoxy) is 1. The number of carboxylic acids is 1. The summed E-state index contributed by atoms with van der Waals surface area (Å²) in [5, 5.41) is 11.3. The number of benzene rings is 1. The smallest absolute Gasteiger partial charge is 0.407 e. The minimum atomic E-state index is -1.20. The molecule has 1 amide bonds. The molecule has 21 heavy (non-hydrogen) atoms. The highest BCUT2D eigenvalue weighted by atomic mass is 16.5. The van der Waals surface area contributed by atoms with E-state index in [1.165, 1.54) is 6.92 Å². The average molecular weight is 290 g/mol. The molecule has 7 heteroatoms. The monoisotopic (exact) mass is 290 g/mol.